The lowest BCUT2D eigenvalue weighted by Crippen LogP contribution is -2.60. The Labute approximate surface area is 201 Å². The van der Waals surface area contributed by atoms with Crippen molar-refractivity contribution >= 4 is 51.3 Å². The maximum atomic E-state index is 13.6. The summed E-state index contributed by atoms with van der Waals surface area (Å²) in [6.45, 7) is 2.96. The number of halogens is 1. The number of hydrogen-bond acceptors (Lipinski definition) is 4. The fourth-order valence-electron chi connectivity index (χ4n) is 5.00. The van der Waals surface area contributed by atoms with Crippen molar-refractivity contribution in [3.63, 3.8) is 0 Å². The van der Waals surface area contributed by atoms with Crippen LogP contribution in [-0.4, -0.2) is 30.3 Å². The zero-order chi connectivity index (χ0) is 24.3. The predicted molar refractivity (Wildman–Crippen MR) is 138 cm³/mol. The van der Waals surface area contributed by atoms with E-state index in [4.69, 9.17) is 4.52 Å². The first-order chi connectivity index (χ1) is 16.8. The number of amides is 1. The van der Waals surface area contributed by atoms with Crippen LogP contribution in [0.4, 0.5) is 10.1 Å². The predicted octanol–water partition coefficient (Wildman–Crippen LogP) is 6.69. The molecule has 2 heterocycles. The van der Waals surface area contributed by atoms with Gasteiger partial charge in [0.15, 0.2) is 13.5 Å². The van der Waals surface area contributed by atoms with Crippen LogP contribution in [0.2, 0.25) is 0 Å². The third kappa shape index (κ3) is 3.61. The second-order valence-electron chi connectivity index (χ2n) is 9.16. The van der Waals surface area contributed by atoms with E-state index in [9.17, 15) is 13.8 Å². The summed E-state index contributed by atoms with van der Waals surface area (Å²) in [6.07, 6.45) is 0.160. The van der Waals surface area contributed by atoms with Crippen molar-refractivity contribution < 1.29 is 18.3 Å². The number of pyridine rings is 1. The van der Waals surface area contributed by atoms with E-state index in [2.05, 4.69) is 29.2 Å². The first-order valence-corrected chi connectivity index (χ1v) is 13.8. The summed E-state index contributed by atoms with van der Waals surface area (Å²) in [7, 11) is -2.98. The average Bonchev–Trinajstić information content (AvgIpc) is 2.85. The largest absolute Gasteiger partial charge is 0.313 e. The molecule has 4 aromatic carbocycles. The van der Waals surface area contributed by atoms with Crippen LogP contribution in [-0.2, 0) is 13.9 Å². The van der Waals surface area contributed by atoms with Gasteiger partial charge < -0.3 is 4.52 Å². The highest BCUT2D eigenvalue weighted by atomic mass is 31.2. The van der Waals surface area contributed by atoms with Gasteiger partial charge in [-0.05, 0) is 45.1 Å². The second-order valence-corrected chi connectivity index (χ2v) is 11.9. The van der Waals surface area contributed by atoms with Crippen LogP contribution in [0.3, 0.4) is 0 Å². The Morgan fingerprint density at radius 3 is 2.26 bits per heavy atom. The van der Waals surface area contributed by atoms with Gasteiger partial charge in [-0.25, -0.2) is 4.39 Å². The van der Waals surface area contributed by atoms with Crippen molar-refractivity contribution in [2.45, 2.75) is 12.1 Å². The third-order valence-corrected chi connectivity index (χ3v) is 7.21. The van der Waals surface area contributed by atoms with Crippen LogP contribution in [0, 0.1) is 5.82 Å². The average molecular weight is 484 g/mol. The molecular formula is C28H22FN2O3P. The number of benzene rings is 4. The van der Waals surface area contributed by atoms with Crippen LogP contribution >= 0.6 is 7.37 Å². The zero-order valence-electron chi connectivity index (χ0n) is 19.2. The molecule has 35 heavy (non-hydrogen) atoms. The summed E-state index contributed by atoms with van der Waals surface area (Å²) < 4.78 is 31.9. The van der Waals surface area contributed by atoms with E-state index in [1.165, 1.54) is 19.4 Å². The summed E-state index contributed by atoms with van der Waals surface area (Å²) in [6, 6.07) is 24.6. The third-order valence-electron chi connectivity index (χ3n) is 6.47. The lowest BCUT2D eigenvalue weighted by atomic mass is 9.90. The van der Waals surface area contributed by atoms with Crippen molar-refractivity contribution in [2.75, 3.05) is 18.2 Å². The molecule has 1 aliphatic heterocycles. The molecule has 1 saturated heterocycles. The van der Waals surface area contributed by atoms with Gasteiger partial charge in [0, 0.05) is 18.7 Å². The first kappa shape index (κ1) is 21.9. The van der Waals surface area contributed by atoms with Crippen molar-refractivity contribution in [3.8, 4) is 0 Å². The minimum atomic E-state index is -2.98. The molecule has 2 atom stereocenters. The zero-order valence-corrected chi connectivity index (χ0v) is 20.1. The monoisotopic (exact) mass is 484 g/mol. The van der Waals surface area contributed by atoms with Gasteiger partial charge in [-0.15, -0.1) is 0 Å². The molecular weight excluding hydrogens is 462 g/mol. The van der Waals surface area contributed by atoms with E-state index >= 15 is 0 Å². The number of carbonyl (C=O) groups is 1. The molecule has 7 heteroatoms. The van der Waals surface area contributed by atoms with Gasteiger partial charge in [0.25, 0.3) is 5.91 Å². The van der Waals surface area contributed by atoms with Crippen LogP contribution in [0.15, 0.2) is 85.1 Å². The highest BCUT2D eigenvalue weighted by Crippen LogP contribution is 2.50. The van der Waals surface area contributed by atoms with Gasteiger partial charge >= 0.3 is 0 Å². The van der Waals surface area contributed by atoms with Crippen molar-refractivity contribution in [1.82, 2.24) is 4.98 Å². The Hall–Kier alpha value is -3.60. The number of β-lactam (4-membered cyclic amide) rings is 1. The molecule has 174 valence electrons. The van der Waals surface area contributed by atoms with E-state index in [-0.39, 0.29) is 5.91 Å². The molecule has 0 bridgehead atoms. The Morgan fingerprint density at radius 1 is 0.857 bits per heavy atom. The number of anilines is 1. The molecule has 1 aromatic heterocycles. The Balaban J connectivity index is 1.61. The summed E-state index contributed by atoms with van der Waals surface area (Å²) in [5, 5.41) is 6.23. The number of aromatic nitrogens is 1. The SMILES string of the molecule is CP(C)(=O)O[C@@H]1C(=O)N(c2cc3c4ccccc4ccc3c3ccccc23)[C@H]1c1ccc(F)cn1. The van der Waals surface area contributed by atoms with E-state index in [0.717, 1.165) is 38.5 Å². The number of rotatable bonds is 4. The minimum Gasteiger partial charge on any atom is -0.313 e. The lowest BCUT2D eigenvalue weighted by Gasteiger charge is -2.47. The first-order valence-electron chi connectivity index (χ1n) is 11.3. The van der Waals surface area contributed by atoms with Gasteiger partial charge in [-0.3, -0.25) is 19.2 Å². The molecule has 5 nitrogen and oxygen atoms in total. The lowest BCUT2D eigenvalue weighted by molar-refractivity contribution is -0.135. The molecule has 6 rings (SSSR count). The molecule has 1 fully saturated rings. The molecule has 0 unspecified atom stereocenters. The van der Waals surface area contributed by atoms with Gasteiger partial charge in [0.1, 0.15) is 11.9 Å². The minimum absolute atomic E-state index is 0.296. The van der Waals surface area contributed by atoms with Crippen LogP contribution in [0.1, 0.15) is 11.7 Å². The quantitative estimate of drug-likeness (QED) is 0.162. The Morgan fingerprint density at radius 2 is 1.54 bits per heavy atom. The standard InChI is InChI=1S/C28H22FN2O3P/c1-35(2,33)34-27-26(24-14-12-18(29)16-30-24)31(28(27)32)25-15-23-19-8-4-3-7-17(19)11-13-21(23)20-9-5-6-10-22(20)25/h3-16,26-27H,1-2H3/t26-,27-/m0/s1. The van der Waals surface area contributed by atoms with E-state index in [0.29, 0.717) is 11.4 Å². The Bertz CT molecular complexity index is 1680. The molecule has 1 aliphatic rings. The molecule has 1 amide bonds. The van der Waals surface area contributed by atoms with Gasteiger partial charge in [-0.2, -0.15) is 0 Å². The smallest absolute Gasteiger partial charge is 0.259 e. The molecule has 0 aliphatic carbocycles. The fourth-order valence-corrected chi connectivity index (χ4v) is 5.75. The number of carbonyl (C=O) groups excluding carboxylic acids is 1. The summed E-state index contributed by atoms with van der Waals surface area (Å²) in [5.74, 6) is -0.766. The molecule has 0 spiro atoms. The number of nitrogens with zero attached hydrogens (tertiary/aromatic N) is 2. The topological polar surface area (TPSA) is 59.5 Å². The van der Waals surface area contributed by atoms with Crippen LogP contribution in [0.5, 0.6) is 0 Å². The summed E-state index contributed by atoms with van der Waals surface area (Å²) >= 11 is 0. The molecule has 0 saturated carbocycles. The number of hydrogen-bond donors (Lipinski definition) is 0. The Kier molecular flexibility index (Phi) is 4.99. The fraction of sp³-hybridized carbons (Fsp3) is 0.143. The van der Waals surface area contributed by atoms with Crippen LogP contribution < -0.4 is 4.90 Å². The van der Waals surface area contributed by atoms with E-state index in [1.54, 1.807) is 11.0 Å². The van der Waals surface area contributed by atoms with Crippen LogP contribution in [0.25, 0.3) is 32.3 Å². The van der Waals surface area contributed by atoms with Crippen molar-refractivity contribution in [2.24, 2.45) is 0 Å². The van der Waals surface area contributed by atoms with E-state index < -0.39 is 25.3 Å². The maximum Gasteiger partial charge on any atom is 0.259 e. The summed E-state index contributed by atoms with van der Waals surface area (Å²) in [5.41, 5.74) is 1.19. The highest BCUT2D eigenvalue weighted by molar-refractivity contribution is 7.57. The van der Waals surface area contributed by atoms with Crippen molar-refractivity contribution in [3.05, 3.63) is 96.6 Å². The normalized spacial score (nSPS) is 18.4. The molecule has 0 N–H and O–H groups in total. The maximum absolute atomic E-state index is 13.6. The van der Waals surface area contributed by atoms with Gasteiger partial charge in [0.05, 0.1) is 17.6 Å². The number of fused-ring (bicyclic) bond motifs is 5. The van der Waals surface area contributed by atoms with Gasteiger partial charge in [0.2, 0.25) is 0 Å². The second kappa shape index (κ2) is 7.98. The van der Waals surface area contributed by atoms with Crippen molar-refractivity contribution in [1.29, 1.82) is 0 Å². The highest BCUT2D eigenvalue weighted by Gasteiger charge is 2.52. The summed E-state index contributed by atoms with van der Waals surface area (Å²) in [4.78, 5) is 19.4. The molecule has 0 radical (unpaired) electrons. The van der Waals surface area contributed by atoms with Gasteiger partial charge in [-0.1, -0.05) is 60.7 Å². The van der Waals surface area contributed by atoms with E-state index in [1.807, 2.05) is 42.5 Å². The molecule has 5 aromatic rings.